The third-order valence-electron chi connectivity index (χ3n) is 7.50. The molecule has 13 heteroatoms. The van der Waals surface area contributed by atoms with Gasteiger partial charge >= 0.3 is 0 Å². The molecule has 0 aliphatic carbocycles. The summed E-state index contributed by atoms with van der Waals surface area (Å²) in [4.78, 5) is 45.6. The molecule has 3 atom stereocenters. The van der Waals surface area contributed by atoms with Crippen LogP contribution in [-0.2, 0) is 31.9 Å². The summed E-state index contributed by atoms with van der Waals surface area (Å²) in [6.07, 6.45) is -0.879. The smallest absolute Gasteiger partial charge is 0.251 e. The summed E-state index contributed by atoms with van der Waals surface area (Å²) in [5, 5.41) is 15.8. The zero-order valence-electron chi connectivity index (χ0n) is 25.5. The van der Waals surface area contributed by atoms with Gasteiger partial charge in [-0.2, -0.15) is 0 Å². The van der Waals surface area contributed by atoms with Gasteiger partial charge in [-0.1, -0.05) is 57.2 Å². The van der Waals surface area contributed by atoms with Gasteiger partial charge in [0, 0.05) is 32.1 Å². The summed E-state index contributed by atoms with van der Waals surface area (Å²) >= 11 is 1.56. The minimum atomic E-state index is -4.01. The number of aliphatic hydroxyl groups is 1. The number of benzene rings is 2. The lowest BCUT2D eigenvalue weighted by Crippen LogP contribution is -2.57. The van der Waals surface area contributed by atoms with Crippen LogP contribution in [0.5, 0.6) is 0 Å². The van der Waals surface area contributed by atoms with Gasteiger partial charge in [0.1, 0.15) is 12.1 Å². The molecule has 0 radical (unpaired) electrons. The second-order valence-electron chi connectivity index (χ2n) is 12.0. The number of hydrogen-bond donors (Lipinski definition) is 4. The maximum absolute atomic E-state index is 13.8. The highest BCUT2D eigenvalue weighted by Gasteiger charge is 2.45. The molecule has 2 aromatic carbocycles. The van der Waals surface area contributed by atoms with E-state index in [1.807, 2.05) is 31.2 Å². The number of nitrogens with one attached hydrogen (secondary N) is 3. The highest BCUT2D eigenvalue weighted by molar-refractivity contribution is 7.88. The highest BCUT2D eigenvalue weighted by Crippen LogP contribution is 2.28. The summed E-state index contributed by atoms with van der Waals surface area (Å²) in [6.45, 7) is 7.28. The Labute approximate surface area is 262 Å². The molecule has 4 N–H and O–H groups in total. The molecule has 236 valence electrons. The Morgan fingerprint density at radius 2 is 1.70 bits per heavy atom. The van der Waals surface area contributed by atoms with Crippen molar-refractivity contribution in [2.75, 3.05) is 13.6 Å². The lowest BCUT2D eigenvalue weighted by atomic mass is 9.86. The molecular weight excluding hydrogens is 603 g/mol. The van der Waals surface area contributed by atoms with Gasteiger partial charge in [-0.25, -0.2) is 18.1 Å². The van der Waals surface area contributed by atoms with Crippen LogP contribution in [0.25, 0.3) is 10.4 Å². The van der Waals surface area contributed by atoms with Gasteiger partial charge in [0.05, 0.1) is 27.9 Å². The van der Waals surface area contributed by atoms with Crippen molar-refractivity contribution in [1.29, 1.82) is 0 Å². The Morgan fingerprint density at radius 1 is 1.07 bits per heavy atom. The first-order chi connectivity index (χ1) is 20.7. The van der Waals surface area contributed by atoms with Crippen LogP contribution in [0.15, 0.2) is 54.0 Å². The largest absolute Gasteiger partial charge is 0.391 e. The molecular formula is C31H39N5O6S2. The number of aromatic nitrogens is 1. The predicted molar refractivity (Wildman–Crippen MR) is 169 cm³/mol. The Morgan fingerprint density at radius 3 is 2.27 bits per heavy atom. The standard InChI is InChI=1S/C31H39N5O6S2/c1-19-26(43-18-34-19)22-10-6-20(7-11-22)15-33-29(39)25-14-24(37)16-36(25)30(40)27(31(2,3)4)35-44(41,42)17-21-8-12-23(13-9-21)28(38)32-5/h6-13,18,24-25,27,35,37H,14-17H2,1-5H3,(H,32,38)(H,33,39)/t24-,25+,27-/m1/s1. The van der Waals surface area contributed by atoms with Crippen LogP contribution >= 0.6 is 11.3 Å². The number of aliphatic hydroxyl groups excluding tert-OH is 1. The Balaban J connectivity index is 1.43. The molecule has 0 unspecified atom stereocenters. The molecule has 1 aliphatic heterocycles. The van der Waals surface area contributed by atoms with E-state index in [4.69, 9.17) is 0 Å². The van der Waals surface area contributed by atoms with Crippen molar-refractivity contribution in [3.05, 3.63) is 76.4 Å². The number of thiazole rings is 1. The van der Waals surface area contributed by atoms with Crippen LogP contribution in [0.4, 0.5) is 0 Å². The Kier molecular flexibility index (Phi) is 10.2. The van der Waals surface area contributed by atoms with Crippen molar-refractivity contribution < 1.29 is 27.9 Å². The van der Waals surface area contributed by atoms with Crippen LogP contribution in [0.3, 0.4) is 0 Å². The third-order valence-corrected chi connectivity index (χ3v) is 9.79. The van der Waals surface area contributed by atoms with Crippen molar-refractivity contribution >= 4 is 39.1 Å². The van der Waals surface area contributed by atoms with Crippen molar-refractivity contribution in [2.45, 2.75) is 64.6 Å². The summed E-state index contributed by atoms with van der Waals surface area (Å²) in [7, 11) is -2.51. The average molecular weight is 642 g/mol. The number of rotatable bonds is 10. The van der Waals surface area contributed by atoms with Crippen LogP contribution in [-0.4, -0.2) is 72.9 Å². The van der Waals surface area contributed by atoms with E-state index in [0.717, 1.165) is 21.7 Å². The van der Waals surface area contributed by atoms with E-state index in [1.54, 1.807) is 49.8 Å². The first-order valence-corrected chi connectivity index (χ1v) is 16.8. The Bertz CT molecular complexity index is 1600. The quantitative estimate of drug-likeness (QED) is 0.265. The minimum absolute atomic E-state index is 0.0441. The van der Waals surface area contributed by atoms with Crippen LogP contribution < -0.4 is 15.4 Å². The summed E-state index contributed by atoms with van der Waals surface area (Å²) in [5.74, 6) is -1.71. The van der Waals surface area contributed by atoms with E-state index in [0.29, 0.717) is 11.1 Å². The van der Waals surface area contributed by atoms with Crippen LogP contribution in [0, 0.1) is 12.3 Å². The summed E-state index contributed by atoms with van der Waals surface area (Å²) in [5.41, 5.74) is 4.63. The molecule has 1 aliphatic rings. The molecule has 3 amide bonds. The molecule has 2 heterocycles. The molecule has 1 fully saturated rings. The molecule has 0 bridgehead atoms. The second kappa shape index (κ2) is 13.6. The van der Waals surface area contributed by atoms with E-state index >= 15 is 0 Å². The topological polar surface area (TPSA) is 158 Å². The SMILES string of the molecule is CNC(=O)c1ccc(CS(=O)(=O)N[C@H](C(=O)N2C[C@H](O)C[C@H]2C(=O)NCc2ccc(-c3scnc3C)cc2)C(C)(C)C)cc1. The van der Waals surface area contributed by atoms with Crippen LogP contribution in [0.2, 0.25) is 0 Å². The van der Waals surface area contributed by atoms with Gasteiger partial charge in [0.2, 0.25) is 21.8 Å². The van der Waals surface area contributed by atoms with Crippen molar-refractivity contribution in [1.82, 2.24) is 25.2 Å². The molecule has 1 saturated heterocycles. The number of aryl methyl sites for hydroxylation is 1. The molecule has 11 nitrogen and oxygen atoms in total. The third kappa shape index (κ3) is 8.08. The Hall–Kier alpha value is -3.65. The van der Waals surface area contributed by atoms with Gasteiger partial charge in [-0.05, 0) is 41.2 Å². The molecule has 1 aromatic heterocycles. The fourth-order valence-electron chi connectivity index (χ4n) is 5.07. The van der Waals surface area contributed by atoms with E-state index in [9.17, 15) is 27.9 Å². The van der Waals surface area contributed by atoms with Gasteiger partial charge < -0.3 is 20.6 Å². The lowest BCUT2D eigenvalue weighted by Gasteiger charge is -2.35. The fourth-order valence-corrected chi connectivity index (χ4v) is 7.41. The number of likely N-dealkylation sites (tertiary alicyclic amines) is 1. The first-order valence-electron chi connectivity index (χ1n) is 14.2. The van der Waals surface area contributed by atoms with Crippen molar-refractivity contribution in [3.63, 3.8) is 0 Å². The van der Waals surface area contributed by atoms with Gasteiger partial charge in [0.25, 0.3) is 5.91 Å². The van der Waals surface area contributed by atoms with Gasteiger partial charge in [0.15, 0.2) is 0 Å². The molecule has 4 rings (SSSR count). The number of carbonyl (C=O) groups excluding carboxylic acids is 3. The number of carbonyl (C=O) groups is 3. The van der Waals surface area contributed by atoms with E-state index in [1.165, 1.54) is 24.1 Å². The zero-order valence-corrected chi connectivity index (χ0v) is 27.1. The monoisotopic (exact) mass is 641 g/mol. The number of sulfonamides is 1. The molecule has 0 saturated carbocycles. The lowest BCUT2D eigenvalue weighted by molar-refractivity contribution is -0.141. The normalized spacial score (nSPS) is 17.7. The maximum Gasteiger partial charge on any atom is 0.251 e. The fraction of sp³-hybridized carbons (Fsp3) is 0.419. The number of hydrogen-bond acceptors (Lipinski definition) is 8. The maximum atomic E-state index is 13.8. The minimum Gasteiger partial charge on any atom is -0.391 e. The van der Waals surface area contributed by atoms with Crippen LogP contribution in [0.1, 0.15) is 54.4 Å². The van der Waals surface area contributed by atoms with E-state index < -0.39 is 51.2 Å². The molecule has 44 heavy (non-hydrogen) atoms. The van der Waals surface area contributed by atoms with Gasteiger partial charge in [-0.3, -0.25) is 14.4 Å². The molecule has 3 aromatic rings. The summed E-state index contributed by atoms with van der Waals surface area (Å²) < 4.78 is 29.0. The van der Waals surface area contributed by atoms with Crippen molar-refractivity contribution in [2.24, 2.45) is 5.41 Å². The number of amides is 3. The summed E-state index contributed by atoms with van der Waals surface area (Å²) in [6, 6.07) is 11.8. The van der Waals surface area contributed by atoms with E-state index in [2.05, 4.69) is 20.3 Å². The van der Waals surface area contributed by atoms with Gasteiger partial charge in [-0.15, -0.1) is 11.3 Å². The average Bonchev–Trinajstić information content (AvgIpc) is 3.59. The highest BCUT2D eigenvalue weighted by atomic mass is 32.2. The second-order valence-corrected chi connectivity index (χ2v) is 14.6. The molecule has 0 spiro atoms. The number of β-amino-alcohol motifs (C(OH)–C–C–N with tert-alkyl or cyclic N) is 1. The zero-order chi connectivity index (χ0) is 32.2. The predicted octanol–water partition coefficient (Wildman–Crippen LogP) is 2.59. The van der Waals surface area contributed by atoms with Crippen molar-refractivity contribution in [3.8, 4) is 10.4 Å². The first kappa shape index (κ1) is 33.2. The number of nitrogens with zero attached hydrogens (tertiary/aromatic N) is 2. The van der Waals surface area contributed by atoms with E-state index in [-0.39, 0.29) is 25.4 Å².